The van der Waals surface area contributed by atoms with Crippen LogP contribution >= 0.6 is 12.4 Å². The van der Waals surface area contributed by atoms with E-state index in [9.17, 15) is 4.79 Å². The van der Waals surface area contributed by atoms with Gasteiger partial charge in [0.15, 0.2) is 0 Å². The monoisotopic (exact) mass is 304 g/mol. The molecule has 0 spiro atoms. The second-order valence-electron chi connectivity index (χ2n) is 6.50. The number of carbonyl (C=O) groups is 1. The molecule has 4 nitrogen and oxygen atoms in total. The lowest BCUT2D eigenvalue weighted by Crippen LogP contribution is -2.58. The molecule has 2 saturated heterocycles. The first-order chi connectivity index (χ1) is 9.03. The van der Waals surface area contributed by atoms with Gasteiger partial charge >= 0.3 is 0 Å². The predicted molar refractivity (Wildman–Crippen MR) is 83.0 cm³/mol. The number of ether oxygens (including phenoxy) is 1. The summed E-state index contributed by atoms with van der Waals surface area (Å²) in [7, 11) is 0. The molecule has 2 aliphatic heterocycles. The first-order valence-electron chi connectivity index (χ1n) is 7.69. The van der Waals surface area contributed by atoms with Crippen molar-refractivity contribution in [3.05, 3.63) is 0 Å². The number of hydrogen-bond donors (Lipinski definition) is 1. The highest BCUT2D eigenvalue weighted by molar-refractivity contribution is 5.86. The van der Waals surface area contributed by atoms with Gasteiger partial charge in [-0.3, -0.25) is 4.79 Å². The lowest BCUT2D eigenvalue weighted by molar-refractivity contribution is -0.140. The van der Waals surface area contributed by atoms with Crippen LogP contribution in [0.5, 0.6) is 0 Å². The molecule has 2 heterocycles. The van der Waals surface area contributed by atoms with E-state index >= 15 is 0 Å². The fraction of sp³-hybridized carbons (Fsp3) is 0.933. The second-order valence-corrected chi connectivity index (χ2v) is 6.50. The average Bonchev–Trinajstić information content (AvgIpc) is 2.64. The molecule has 2 aliphatic rings. The van der Waals surface area contributed by atoms with Crippen molar-refractivity contribution in [3.63, 3.8) is 0 Å². The first-order valence-corrected chi connectivity index (χ1v) is 7.69. The number of carbonyl (C=O) groups excluding carboxylic acids is 1. The van der Waals surface area contributed by atoms with Crippen LogP contribution in [0.3, 0.4) is 0 Å². The number of amides is 1. The summed E-state index contributed by atoms with van der Waals surface area (Å²) in [6, 6.07) is 0. The number of rotatable bonds is 2. The molecule has 2 fully saturated rings. The third-order valence-electron chi connectivity index (χ3n) is 4.81. The number of halogens is 1. The molecule has 0 saturated carbocycles. The van der Waals surface area contributed by atoms with Crippen LogP contribution in [0.25, 0.3) is 0 Å². The largest absolute Gasteiger partial charge is 0.381 e. The van der Waals surface area contributed by atoms with Crippen molar-refractivity contribution in [2.45, 2.75) is 51.5 Å². The SMILES string of the molecule is CC(C)C1CCCN(C(=O)C2(N)CCOCC2)CC1.Cl. The Morgan fingerprint density at radius 2 is 1.90 bits per heavy atom. The molecular formula is C15H29ClN2O2. The number of hydrogen-bond acceptors (Lipinski definition) is 3. The lowest BCUT2D eigenvalue weighted by Gasteiger charge is -2.36. The van der Waals surface area contributed by atoms with E-state index in [4.69, 9.17) is 10.5 Å². The smallest absolute Gasteiger partial charge is 0.242 e. The summed E-state index contributed by atoms with van der Waals surface area (Å²) in [5, 5.41) is 0. The Balaban J connectivity index is 0.00000200. The van der Waals surface area contributed by atoms with E-state index in [0.717, 1.165) is 31.8 Å². The Morgan fingerprint density at radius 3 is 2.50 bits per heavy atom. The summed E-state index contributed by atoms with van der Waals surface area (Å²) in [4.78, 5) is 14.7. The Bertz CT molecular complexity index is 317. The third-order valence-corrected chi connectivity index (χ3v) is 4.81. The van der Waals surface area contributed by atoms with Gasteiger partial charge in [-0.15, -0.1) is 12.4 Å². The van der Waals surface area contributed by atoms with Crippen molar-refractivity contribution in [1.82, 2.24) is 4.90 Å². The summed E-state index contributed by atoms with van der Waals surface area (Å²) < 4.78 is 5.32. The minimum Gasteiger partial charge on any atom is -0.381 e. The fourth-order valence-electron chi connectivity index (χ4n) is 3.26. The van der Waals surface area contributed by atoms with E-state index in [-0.39, 0.29) is 18.3 Å². The minimum atomic E-state index is -0.671. The maximum Gasteiger partial charge on any atom is 0.242 e. The molecule has 0 aromatic carbocycles. The average molecular weight is 305 g/mol. The van der Waals surface area contributed by atoms with Crippen LogP contribution in [-0.4, -0.2) is 42.6 Å². The normalized spacial score (nSPS) is 26.8. The number of likely N-dealkylation sites (tertiary alicyclic amines) is 1. The fourth-order valence-corrected chi connectivity index (χ4v) is 3.26. The predicted octanol–water partition coefficient (Wildman–Crippen LogP) is 2.20. The van der Waals surface area contributed by atoms with Crippen LogP contribution in [0.2, 0.25) is 0 Å². The van der Waals surface area contributed by atoms with E-state index in [1.807, 2.05) is 4.90 Å². The van der Waals surface area contributed by atoms with Crippen molar-refractivity contribution in [2.24, 2.45) is 17.6 Å². The van der Waals surface area contributed by atoms with Crippen molar-refractivity contribution in [1.29, 1.82) is 0 Å². The molecular weight excluding hydrogens is 276 g/mol. The zero-order chi connectivity index (χ0) is 13.9. The molecule has 1 amide bonds. The molecule has 118 valence electrons. The van der Waals surface area contributed by atoms with Gasteiger partial charge in [-0.05, 0) is 43.9 Å². The Labute approximate surface area is 128 Å². The highest BCUT2D eigenvalue weighted by Crippen LogP contribution is 2.27. The van der Waals surface area contributed by atoms with Gasteiger partial charge in [0, 0.05) is 26.3 Å². The standard InChI is InChI=1S/C15H28N2O2.ClH/c1-12(2)13-4-3-8-17(9-5-13)14(18)15(16)6-10-19-11-7-15;/h12-13H,3-11,16H2,1-2H3;1H. The lowest BCUT2D eigenvalue weighted by atomic mass is 9.89. The molecule has 0 aliphatic carbocycles. The zero-order valence-corrected chi connectivity index (χ0v) is 13.6. The molecule has 2 N–H and O–H groups in total. The summed E-state index contributed by atoms with van der Waals surface area (Å²) in [6.45, 7) is 7.55. The second kappa shape index (κ2) is 7.62. The molecule has 0 radical (unpaired) electrons. The van der Waals surface area contributed by atoms with Crippen LogP contribution in [0.1, 0.15) is 46.0 Å². The highest BCUT2D eigenvalue weighted by Gasteiger charge is 2.39. The van der Waals surface area contributed by atoms with Crippen molar-refractivity contribution in [2.75, 3.05) is 26.3 Å². The zero-order valence-electron chi connectivity index (χ0n) is 12.8. The Morgan fingerprint density at radius 1 is 1.25 bits per heavy atom. The van der Waals surface area contributed by atoms with Crippen LogP contribution in [0.4, 0.5) is 0 Å². The van der Waals surface area contributed by atoms with Crippen LogP contribution in [0.15, 0.2) is 0 Å². The summed E-state index contributed by atoms with van der Waals surface area (Å²) in [6.07, 6.45) is 4.80. The van der Waals surface area contributed by atoms with Gasteiger partial charge in [-0.25, -0.2) is 0 Å². The molecule has 0 bridgehead atoms. The van der Waals surface area contributed by atoms with Crippen LogP contribution in [0, 0.1) is 11.8 Å². The van der Waals surface area contributed by atoms with Crippen LogP contribution < -0.4 is 5.73 Å². The molecule has 0 aromatic heterocycles. The van der Waals surface area contributed by atoms with E-state index < -0.39 is 5.54 Å². The Kier molecular flexibility index (Phi) is 6.76. The van der Waals surface area contributed by atoms with Gasteiger partial charge in [0.05, 0.1) is 5.54 Å². The molecule has 20 heavy (non-hydrogen) atoms. The van der Waals surface area contributed by atoms with Gasteiger partial charge < -0.3 is 15.4 Å². The molecule has 2 rings (SSSR count). The molecule has 0 aromatic rings. The maximum atomic E-state index is 12.6. The van der Waals surface area contributed by atoms with Crippen LogP contribution in [-0.2, 0) is 9.53 Å². The third kappa shape index (κ3) is 4.09. The van der Waals surface area contributed by atoms with Gasteiger partial charge in [-0.2, -0.15) is 0 Å². The number of nitrogens with two attached hydrogens (primary N) is 1. The topological polar surface area (TPSA) is 55.6 Å². The maximum absolute atomic E-state index is 12.6. The molecule has 5 heteroatoms. The number of nitrogens with zero attached hydrogens (tertiary/aromatic N) is 1. The van der Waals surface area contributed by atoms with Gasteiger partial charge in [-0.1, -0.05) is 13.8 Å². The first kappa shape index (κ1) is 17.7. The summed E-state index contributed by atoms with van der Waals surface area (Å²) >= 11 is 0. The summed E-state index contributed by atoms with van der Waals surface area (Å²) in [5.74, 6) is 1.62. The van der Waals surface area contributed by atoms with E-state index in [1.165, 1.54) is 6.42 Å². The minimum absolute atomic E-state index is 0. The van der Waals surface area contributed by atoms with Crippen molar-refractivity contribution >= 4 is 18.3 Å². The highest BCUT2D eigenvalue weighted by atomic mass is 35.5. The van der Waals surface area contributed by atoms with Gasteiger partial charge in [0.1, 0.15) is 0 Å². The van der Waals surface area contributed by atoms with E-state index in [1.54, 1.807) is 0 Å². The Hall–Kier alpha value is -0.320. The summed E-state index contributed by atoms with van der Waals surface area (Å²) in [5.41, 5.74) is 5.64. The quantitative estimate of drug-likeness (QED) is 0.851. The van der Waals surface area contributed by atoms with Crippen molar-refractivity contribution < 1.29 is 9.53 Å². The van der Waals surface area contributed by atoms with E-state index in [0.29, 0.717) is 32.0 Å². The van der Waals surface area contributed by atoms with E-state index in [2.05, 4.69) is 13.8 Å². The molecule has 1 unspecified atom stereocenters. The van der Waals surface area contributed by atoms with Gasteiger partial charge in [0.2, 0.25) is 5.91 Å². The van der Waals surface area contributed by atoms with Crippen molar-refractivity contribution in [3.8, 4) is 0 Å². The molecule has 1 atom stereocenters. The van der Waals surface area contributed by atoms with Gasteiger partial charge in [0.25, 0.3) is 0 Å².